The van der Waals surface area contributed by atoms with Crippen LogP contribution in [0, 0.1) is 0 Å². The molecule has 1 amide bonds. The second kappa shape index (κ2) is 10.5. The SMILES string of the molecule is O=C(NCCCc1ccc(Cl)c(Cl)c1)c1ccn(C(O)Cc2ccccc2)c(=O)c1O. The highest BCUT2D eigenvalue weighted by Crippen LogP contribution is 2.23. The van der Waals surface area contributed by atoms with E-state index in [2.05, 4.69) is 5.32 Å². The molecule has 0 saturated heterocycles. The van der Waals surface area contributed by atoms with Crippen LogP contribution in [0.2, 0.25) is 10.0 Å². The molecule has 3 N–H and O–H groups in total. The summed E-state index contributed by atoms with van der Waals surface area (Å²) in [6.45, 7) is 0.345. The molecule has 6 nitrogen and oxygen atoms in total. The van der Waals surface area contributed by atoms with Crippen LogP contribution in [0.5, 0.6) is 5.75 Å². The fourth-order valence-electron chi connectivity index (χ4n) is 3.16. The van der Waals surface area contributed by atoms with Gasteiger partial charge in [0.2, 0.25) is 0 Å². The molecule has 8 heteroatoms. The van der Waals surface area contributed by atoms with Gasteiger partial charge in [0.1, 0.15) is 6.23 Å². The first-order chi connectivity index (χ1) is 14.9. The zero-order chi connectivity index (χ0) is 22.4. The van der Waals surface area contributed by atoms with Crippen LogP contribution >= 0.6 is 23.2 Å². The second-order valence-electron chi connectivity index (χ2n) is 7.07. The van der Waals surface area contributed by atoms with Gasteiger partial charge < -0.3 is 15.5 Å². The summed E-state index contributed by atoms with van der Waals surface area (Å²) in [5.74, 6) is -1.26. The average molecular weight is 461 g/mol. The summed E-state index contributed by atoms with van der Waals surface area (Å²) in [7, 11) is 0. The molecule has 0 spiro atoms. The number of halogens is 2. The Balaban J connectivity index is 1.59. The third-order valence-electron chi connectivity index (χ3n) is 4.83. The van der Waals surface area contributed by atoms with Crippen molar-refractivity contribution in [2.24, 2.45) is 0 Å². The van der Waals surface area contributed by atoms with Crippen molar-refractivity contribution in [1.29, 1.82) is 0 Å². The minimum Gasteiger partial charge on any atom is -0.502 e. The normalized spacial score (nSPS) is 11.8. The standard InChI is InChI=1S/C23H22Cl2N2O4/c24-18-9-8-16(13-19(18)25)7-4-11-26-22(30)17-10-12-27(23(31)21(17)29)20(28)14-15-5-2-1-3-6-15/h1-3,5-6,8-10,12-13,20,28-29H,4,7,11,14H2,(H,26,30). The quantitative estimate of drug-likeness (QED) is 0.443. The van der Waals surface area contributed by atoms with E-state index in [1.165, 1.54) is 12.3 Å². The molecule has 1 aromatic heterocycles. The first-order valence-electron chi connectivity index (χ1n) is 9.75. The number of amides is 1. The predicted octanol–water partition coefficient (Wildman–Crippen LogP) is 3.96. The van der Waals surface area contributed by atoms with Gasteiger partial charge in [0.15, 0.2) is 5.75 Å². The molecule has 0 saturated carbocycles. The minimum absolute atomic E-state index is 0.136. The lowest BCUT2D eigenvalue weighted by atomic mass is 10.1. The van der Waals surface area contributed by atoms with E-state index in [1.54, 1.807) is 12.1 Å². The lowest BCUT2D eigenvalue weighted by molar-refractivity contribution is 0.0933. The van der Waals surface area contributed by atoms with Crippen molar-refractivity contribution in [3.8, 4) is 5.75 Å². The van der Waals surface area contributed by atoms with Crippen molar-refractivity contribution < 1.29 is 15.0 Å². The number of carbonyl (C=O) groups is 1. The zero-order valence-corrected chi connectivity index (χ0v) is 18.1. The summed E-state index contributed by atoms with van der Waals surface area (Å²) >= 11 is 11.9. The summed E-state index contributed by atoms with van der Waals surface area (Å²) in [6.07, 6.45) is 1.65. The highest BCUT2D eigenvalue weighted by Gasteiger charge is 2.18. The Bertz CT molecular complexity index is 1120. The number of benzene rings is 2. The summed E-state index contributed by atoms with van der Waals surface area (Å²) in [5.41, 5.74) is 0.862. The van der Waals surface area contributed by atoms with E-state index >= 15 is 0 Å². The van der Waals surface area contributed by atoms with Gasteiger partial charge in [-0.25, -0.2) is 0 Å². The van der Waals surface area contributed by atoms with Crippen molar-refractivity contribution in [1.82, 2.24) is 9.88 Å². The molecule has 3 aromatic rings. The summed E-state index contributed by atoms with van der Waals surface area (Å²) in [5, 5.41) is 24.2. The number of hydrogen-bond donors (Lipinski definition) is 3. The van der Waals surface area contributed by atoms with Gasteiger partial charge in [0.05, 0.1) is 15.6 Å². The molecule has 0 fully saturated rings. The van der Waals surface area contributed by atoms with Crippen molar-refractivity contribution in [2.45, 2.75) is 25.5 Å². The van der Waals surface area contributed by atoms with Crippen molar-refractivity contribution in [3.05, 3.63) is 97.9 Å². The second-order valence-corrected chi connectivity index (χ2v) is 7.88. The number of hydrogen-bond acceptors (Lipinski definition) is 4. The molecule has 0 aliphatic heterocycles. The number of pyridine rings is 1. The molecule has 1 unspecified atom stereocenters. The monoisotopic (exact) mass is 460 g/mol. The maximum Gasteiger partial charge on any atom is 0.295 e. The fraction of sp³-hybridized carbons (Fsp3) is 0.217. The average Bonchev–Trinajstić information content (AvgIpc) is 2.76. The van der Waals surface area contributed by atoms with Gasteiger partial charge in [-0.15, -0.1) is 0 Å². The lowest BCUT2D eigenvalue weighted by Gasteiger charge is -2.15. The number of carbonyl (C=O) groups excluding carboxylic acids is 1. The third kappa shape index (κ3) is 5.88. The Labute approximate surface area is 189 Å². The molecule has 1 heterocycles. The van der Waals surface area contributed by atoms with Gasteiger partial charge in [0.25, 0.3) is 11.5 Å². The van der Waals surface area contributed by atoms with Crippen molar-refractivity contribution >= 4 is 29.1 Å². The first kappa shape index (κ1) is 22.9. The number of nitrogens with one attached hydrogen (secondary N) is 1. The number of aliphatic hydroxyl groups excluding tert-OH is 1. The topological polar surface area (TPSA) is 91.6 Å². The fourth-order valence-corrected chi connectivity index (χ4v) is 3.49. The molecule has 0 aliphatic rings. The van der Waals surface area contributed by atoms with Crippen LogP contribution in [0.25, 0.3) is 0 Å². The largest absolute Gasteiger partial charge is 0.502 e. The molecule has 3 rings (SSSR count). The van der Waals surface area contributed by atoms with E-state index in [9.17, 15) is 19.8 Å². The summed E-state index contributed by atoms with van der Waals surface area (Å²) in [4.78, 5) is 24.8. The van der Waals surface area contributed by atoms with Gasteiger partial charge in [-0.05, 0) is 42.2 Å². The molecule has 31 heavy (non-hydrogen) atoms. The van der Waals surface area contributed by atoms with Gasteiger partial charge in [-0.2, -0.15) is 0 Å². The van der Waals surface area contributed by atoms with Crippen LogP contribution in [0.15, 0.2) is 65.6 Å². The molecular formula is C23H22Cl2N2O4. The Morgan fingerprint density at radius 1 is 1.03 bits per heavy atom. The summed E-state index contributed by atoms with van der Waals surface area (Å²) < 4.78 is 1.00. The molecule has 162 valence electrons. The number of aryl methyl sites for hydroxylation is 1. The van der Waals surface area contributed by atoms with Crippen LogP contribution in [-0.4, -0.2) is 27.2 Å². The van der Waals surface area contributed by atoms with Gasteiger partial charge in [-0.1, -0.05) is 59.6 Å². The van der Waals surface area contributed by atoms with Crippen molar-refractivity contribution in [2.75, 3.05) is 6.54 Å². The minimum atomic E-state index is -1.16. The van der Waals surface area contributed by atoms with Crippen LogP contribution in [0.3, 0.4) is 0 Å². The van der Waals surface area contributed by atoms with E-state index in [0.717, 1.165) is 15.7 Å². The van der Waals surface area contributed by atoms with Gasteiger partial charge in [-0.3, -0.25) is 14.2 Å². The Morgan fingerprint density at radius 2 is 1.77 bits per heavy atom. The Kier molecular flexibility index (Phi) is 7.74. The molecule has 0 aliphatic carbocycles. The molecule has 2 aromatic carbocycles. The molecule has 1 atom stereocenters. The smallest absolute Gasteiger partial charge is 0.295 e. The molecule has 0 bridgehead atoms. The maximum atomic E-state index is 12.4. The number of aromatic hydroxyl groups is 1. The van der Waals surface area contributed by atoms with E-state index < -0.39 is 23.4 Å². The zero-order valence-electron chi connectivity index (χ0n) is 16.6. The number of aliphatic hydroxyl groups is 1. The van der Waals surface area contributed by atoms with Crippen LogP contribution < -0.4 is 10.9 Å². The number of rotatable bonds is 8. The highest BCUT2D eigenvalue weighted by molar-refractivity contribution is 6.42. The Hall–Kier alpha value is -2.80. The van der Waals surface area contributed by atoms with Crippen molar-refractivity contribution in [3.63, 3.8) is 0 Å². The number of nitrogens with zero attached hydrogens (tertiary/aromatic N) is 1. The predicted molar refractivity (Wildman–Crippen MR) is 121 cm³/mol. The first-order valence-corrected chi connectivity index (χ1v) is 10.5. The maximum absolute atomic E-state index is 12.4. The Morgan fingerprint density at radius 3 is 2.48 bits per heavy atom. The van der Waals surface area contributed by atoms with Crippen LogP contribution in [-0.2, 0) is 12.8 Å². The van der Waals surface area contributed by atoms with Crippen LogP contribution in [0.4, 0.5) is 0 Å². The highest BCUT2D eigenvalue weighted by atomic mass is 35.5. The van der Waals surface area contributed by atoms with Gasteiger partial charge >= 0.3 is 0 Å². The summed E-state index contributed by atoms with van der Waals surface area (Å²) in [6, 6.07) is 15.8. The van der Waals surface area contributed by atoms with E-state index in [0.29, 0.717) is 29.4 Å². The van der Waals surface area contributed by atoms with E-state index in [4.69, 9.17) is 23.2 Å². The van der Waals surface area contributed by atoms with E-state index in [1.807, 2.05) is 36.4 Å². The lowest BCUT2D eigenvalue weighted by Crippen LogP contribution is -2.30. The number of aromatic nitrogens is 1. The van der Waals surface area contributed by atoms with E-state index in [-0.39, 0.29) is 12.0 Å². The van der Waals surface area contributed by atoms with Crippen LogP contribution in [0.1, 0.15) is 34.1 Å². The molecule has 0 radical (unpaired) electrons. The van der Waals surface area contributed by atoms with Gasteiger partial charge in [0, 0.05) is 19.2 Å². The third-order valence-corrected chi connectivity index (χ3v) is 5.57. The molecular weight excluding hydrogens is 439 g/mol.